The van der Waals surface area contributed by atoms with Crippen LogP contribution in [0.2, 0.25) is 0 Å². The maximum absolute atomic E-state index is 14.0. The number of aliphatic hydroxyl groups is 2. The summed E-state index contributed by atoms with van der Waals surface area (Å²) in [6.07, 6.45) is 8.53. The molecule has 0 bridgehead atoms. The van der Waals surface area contributed by atoms with Crippen molar-refractivity contribution < 1.29 is 43.5 Å². The first-order valence-electron chi connectivity index (χ1n) is 20.9. The molecule has 6 unspecified atom stereocenters. The molecule has 6 rings (SSSR count). The number of carbonyl (C=O) groups excluding carboxylic acids is 1. The Hall–Kier alpha value is -4.33. The summed E-state index contributed by atoms with van der Waals surface area (Å²) in [4.78, 5) is 22.3. The van der Waals surface area contributed by atoms with Gasteiger partial charge in [-0.05, 0) is 79.0 Å². The second-order valence-corrected chi connectivity index (χ2v) is 16.4. The largest absolute Gasteiger partial charge is 0.493 e. The highest BCUT2D eigenvalue weighted by molar-refractivity contribution is 7.99. The van der Waals surface area contributed by atoms with Crippen LogP contribution in [0.25, 0.3) is 0 Å². The van der Waals surface area contributed by atoms with Gasteiger partial charge in [-0.15, -0.1) is 18.3 Å². The Kier molecular flexibility index (Phi) is 16.7. The highest BCUT2D eigenvalue weighted by Crippen LogP contribution is 2.61. The molecule has 2 aliphatic carbocycles. The monoisotopic (exact) mass is 828 g/mol. The molecule has 59 heavy (non-hydrogen) atoms. The summed E-state index contributed by atoms with van der Waals surface area (Å²) >= 11 is 1.75. The molecule has 3 aromatic carbocycles. The number of oxime groups is 1. The maximum atomic E-state index is 14.0. The fraction of sp³-hybridized carbons (Fsp3) is 0.489. The number of unbranched alkanes of at least 4 members (excludes halogenated alkanes) is 2. The molecule has 2 N–H and O–H groups in total. The van der Waals surface area contributed by atoms with E-state index >= 15 is 0 Å². The van der Waals surface area contributed by atoms with Crippen molar-refractivity contribution in [3.8, 4) is 11.5 Å². The van der Waals surface area contributed by atoms with Crippen molar-refractivity contribution in [1.29, 1.82) is 0 Å². The number of likely N-dealkylation sites (N-methyl/N-ethyl adjacent to an activating group) is 1. The Morgan fingerprint density at radius 1 is 0.983 bits per heavy atom. The number of amides is 1. The number of carbonyl (C=O) groups is 1. The van der Waals surface area contributed by atoms with Gasteiger partial charge in [-0.3, -0.25) is 0 Å². The summed E-state index contributed by atoms with van der Waals surface area (Å²) in [5.74, 6) is 0.507. The van der Waals surface area contributed by atoms with Gasteiger partial charge in [0.2, 0.25) is 5.79 Å². The highest BCUT2D eigenvalue weighted by atomic mass is 32.2. The number of hydrogen-bond donors (Lipinski definition) is 2. The summed E-state index contributed by atoms with van der Waals surface area (Å²) in [5, 5.41) is 24.3. The van der Waals surface area contributed by atoms with Crippen molar-refractivity contribution in [3.05, 3.63) is 114 Å². The second-order valence-electron chi connectivity index (χ2n) is 15.2. The molecule has 0 radical (unpaired) electrons. The number of hydrogen-bond acceptors (Lipinski definition) is 11. The molecule has 3 aromatic rings. The molecule has 6 atom stereocenters. The summed E-state index contributed by atoms with van der Waals surface area (Å²) in [6.45, 7) is 5.63. The van der Waals surface area contributed by atoms with E-state index in [1.54, 1.807) is 29.8 Å². The van der Waals surface area contributed by atoms with Crippen LogP contribution in [0.15, 0.2) is 113 Å². The minimum Gasteiger partial charge on any atom is -0.493 e. The molecule has 11 nitrogen and oxygen atoms in total. The first-order valence-corrected chi connectivity index (χ1v) is 21.9. The third kappa shape index (κ3) is 10.9. The van der Waals surface area contributed by atoms with Gasteiger partial charge < -0.3 is 43.6 Å². The van der Waals surface area contributed by atoms with Crippen LogP contribution in [-0.2, 0) is 25.7 Å². The lowest BCUT2D eigenvalue weighted by molar-refractivity contribution is -0.253. The number of fused-ring (bicyclic) bond motifs is 2. The predicted octanol–water partition coefficient (Wildman–Crippen LogP) is 8.41. The van der Waals surface area contributed by atoms with Crippen molar-refractivity contribution in [2.45, 2.75) is 74.2 Å². The molecule has 1 heterocycles. The quantitative estimate of drug-likeness (QED) is 0.0416. The molecule has 318 valence electrons. The number of thioether (sulfide) groups is 1. The van der Waals surface area contributed by atoms with Crippen molar-refractivity contribution in [2.24, 2.45) is 22.9 Å². The Balaban J connectivity index is 1.36. The third-order valence-electron chi connectivity index (χ3n) is 11.5. The van der Waals surface area contributed by atoms with Crippen LogP contribution in [0.1, 0.15) is 62.0 Å². The van der Waals surface area contributed by atoms with Crippen LogP contribution < -0.4 is 9.47 Å². The van der Waals surface area contributed by atoms with Gasteiger partial charge in [0.05, 0.1) is 38.1 Å². The highest BCUT2D eigenvalue weighted by Gasteiger charge is 2.65. The second kappa shape index (κ2) is 22.3. The van der Waals surface area contributed by atoms with Crippen LogP contribution >= 0.6 is 11.8 Å². The zero-order chi connectivity index (χ0) is 41.5. The Bertz CT molecular complexity index is 1840. The third-order valence-corrected chi connectivity index (χ3v) is 12.5. The van der Waals surface area contributed by atoms with Crippen LogP contribution in [-0.4, -0.2) is 98.3 Å². The maximum Gasteiger partial charge on any atom is 0.410 e. The molecule has 1 fully saturated rings. The van der Waals surface area contributed by atoms with Gasteiger partial charge in [-0.1, -0.05) is 78.7 Å². The summed E-state index contributed by atoms with van der Waals surface area (Å²) < 4.78 is 32.2. The van der Waals surface area contributed by atoms with Gasteiger partial charge in [0.25, 0.3) is 0 Å². The van der Waals surface area contributed by atoms with Gasteiger partial charge in [-0.25, -0.2) is 4.79 Å². The van der Waals surface area contributed by atoms with E-state index in [-0.39, 0.29) is 57.2 Å². The Morgan fingerprint density at radius 2 is 1.73 bits per heavy atom. The van der Waals surface area contributed by atoms with E-state index in [0.29, 0.717) is 31.8 Å². The number of allylic oxidation sites excluding steroid dienone is 1. The SMILES string of the molecule is C=CCOC12Oc3ccc(OCCSc4ccccc4)cc3C3C(CCCCO)C(CCCCO)C=C(C(=NOC)CC1N(C)C(=O)OCCOCc1ccccc1)C32. The Labute approximate surface area is 353 Å². The van der Waals surface area contributed by atoms with Gasteiger partial charge in [-0.2, -0.15) is 0 Å². The summed E-state index contributed by atoms with van der Waals surface area (Å²) in [6, 6.07) is 25.5. The molecule has 12 heteroatoms. The number of nitrogens with zero attached hydrogens (tertiary/aromatic N) is 2. The van der Waals surface area contributed by atoms with E-state index < -0.39 is 23.8 Å². The molecule has 1 aliphatic heterocycles. The van der Waals surface area contributed by atoms with E-state index in [1.165, 1.54) is 12.0 Å². The standard InChI is InChI=1S/C47H60N2O9S/c1-4-25-57-47-43(49(2)46(52)56-27-26-54-33-34-15-7-5-8-16-34)32-41(48-53-3)39-30-35(17-11-13-23-50)38(20-12-14-24-51)44(45(39)47)40-31-36(21-22-42(40)58-47)55-28-29-59-37-18-9-6-10-19-37/h4-10,15-16,18-19,21-22,30-31,35,38,43-45,50-51H,1,11-14,17,20,23-29,32-33H2,2-3H3. The van der Waals surface area contributed by atoms with Crippen molar-refractivity contribution >= 4 is 23.6 Å². The smallest absolute Gasteiger partial charge is 0.410 e. The summed E-state index contributed by atoms with van der Waals surface area (Å²) in [5.41, 5.74) is 3.73. The molecule has 0 saturated heterocycles. The summed E-state index contributed by atoms with van der Waals surface area (Å²) in [7, 11) is 3.25. The van der Waals surface area contributed by atoms with Gasteiger partial charge in [0.1, 0.15) is 31.3 Å². The fourth-order valence-electron chi connectivity index (χ4n) is 8.94. The average molecular weight is 829 g/mol. The first-order chi connectivity index (χ1) is 28.9. The minimum absolute atomic E-state index is 0.0677. The lowest BCUT2D eigenvalue weighted by Gasteiger charge is -2.59. The van der Waals surface area contributed by atoms with Crippen molar-refractivity contribution in [2.75, 3.05) is 59.6 Å². The van der Waals surface area contributed by atoms with E-state index in [9.17, 15) is 15.0 Å². The molecular formula is C47H60N2O9S. The molecule has 3 aliphatic rings. The minimum atomic E-state index is -1.36. The molecule has 1 saturated carbocycles. The van der Waals surface area contributed by atoms with Crippen molar-refractivity contribution in [3.63, 3.8) is 0 Å². The van der Waals surface area contributed by atoms with E-state index in [1.807, 2.05) is 60.7 Å². The van der Waals surface area contributed by atoms with Crippen LogP contribution in [0, 0.1) is 17.8 Å². The zero-order valence-corrected chi connectivity index (χ0v) is 35.2. The lowest BCUT2D eigenvalue weighted by Crippen LogP contribution is -2.69. The van der Waals surface area contributed by atoms with Gasteiger partial charge in [0, 0.05) is 48.8 Å². The van der Waals surface area contributed by atoms with E-state index in [0.717, 1.165) is 59.6 Å². The van der Waals surface area contributed by atoms with Gasteiger partial charge in [0.15, 0.2) is 0 Å². The van der Waals surface area contributed by atoms with E-state index in [2.05, 4.69) is 36.0 Å². The van der Waals surface area contributed by atoms with E-state index in [4.69, 9.17) is 28.5 Å². The molecular weight excluding hydrogens is 769 g/mol. The topological polar surface area (TPSA) is 129 Å². The number of aliphatic hydroxyl groups excluding tert-OH is 2. The zero-order valence-electron chi connectivity index (χ0n) is 34.4. The van der Waals surface area contributed by atoms with Crippen LogP contribution in [0.5, 0.6) is 11.5 Å². The fourth-order valence-corrected chi connectivity index (χ4v) is 9.70. The molecule has 0 aromatic heterocycles. The molecule has 1 amide bonds. The predicted molar refractivity (Wildman–Crippen MR) is 230 cm³/mol. The number of rotatable bonds is 23. The number of benzene rings is 3. The molecule has 0 spiro atoms. The van der Waals surface area contributed by atoms with Gasteiger partial charge >= 0.3 is 6.09 Å². The van der Waals surface area contributed by atoms with Crippen molar-refractivity contribution in [1.82, 2.24) is 4.90 Å². The lowest BCUT2D eigenvalue weighted by atomic mass is 9.55. The number of ether oxygens (including phenoxy) is 5. The van der Waals surface area contributed by atoms with Crippen LogP contribution in [0.4, 0.5) is 4.79 Å². The van der Waals surface area contributed by atoms with Crippen LogP contribution in [0.3, 0.4) is 0 Å². The normalized spacial score (nSPS) is 23.6. The average Bonchev–Trinajstić information content (AvgIpc) is 3.26. The Morgan fingerprint density at radius 3 is 2.46 bits per heavy atom. The first kappa shape index (κ1) is 44.2.